The molecule has 1 aromatic heterocycles. The van der Waals surface area contributed by atoms with Crippen LogP contribution in [0.15, 0.2) is 35.7 Å². The maximum Gasteiger partial charge on any atom is 0.237 e. The summed E-state index contributed by atoms with van der Waals surface area (Å²) >= 11 is 1.70. The molecule has 0 radical (unpaired) electrons. The quantitative estimate of drug-likeness (QED) is 0.489. The van der Waals surface area contributed by atoms with Crippen LogP contribution in [0.4, 0.5) is 4.39 Å². The third-order valence-electron chi connectivity index (χ3n) is 6.28. The summed E-state index contributed by atoms with van der Waals surface area (Å²) in [5.41, 5.74) is 1.11. The van der Waals surface area contributed by atoms with Crippen LogP contribution in [-0.2, 0) is 16.0 Å². The lowest BCUT2D eigenvalue weighted by Crippen LogP contribution is -2.48. The second-order valence-electron chi connectivity index (χ2n) is 9.59. The maximum absolute atomic E-state index is 13.6. The number of aliphatic hydroxyl groups excluding tert-OH is 1. The van der Waals surface area contributed by atoms with E-state index in [0.29, 0.717) is 24.8 Å². The van der Waals surface area contributed by atoms with Crippen molar-refractivity contribution < 1.29 is 23.8 Å². The number of benzene rings is 1. The summed E-state index contributed by atoms with van der Waals surface area (Å²) in [6.07, 6.45) is 2.60. The molecule has 2 heterocycles. The Kier molecular flexibility index (Phi) is 8.58. The fraction of sp³-hybridized carbons (Fsp3) is 0.577. The van der Waals surface area contributed by atoms with Crippen molar-refractivity contribution in [3.63, 3.8) is 0 Å². The smallest absolute Gasteiger partial charge is 0.237 e. The van der Waals surface area contributed by atoms with E-state index in [4.69, 9.17) is 9.47 Å². The van der Waals surface area contributed by atoms with Crippen LogP contribution in [0.1, 0.15) is 43.2 Å². The SMILES string of the molecule is CC(C)OC[C@H](O)CN(CC(=O)N1CCc2sccc2[C@H]1COc1cccc(F)c1)CC1CC1. The Bertz CT molecular complexity index is 948. The molecular formula is C26H35FN2O4S. The number of carbonyl (C=O) groups is 1. The monoisotopic (exact) mass is 490 g/mol. The van der Waals surface area contributed by atoms with Crippen LogP contribution in [0.3, 0.4) is 0 Å². The third kappa shape index (κ3) is 7.01. The number of nitrogens with zero attached hydrogens (tertiary/aromatic N) is 2. The highest BCUT2D eigenvalue weighted by Gasteiger charge is 2.34. The van der Waals surface area contributed by atoms with E-state index in [9.17, 15) is 14.3 Å². The Balaban J connectivity index is 1.43. The molecule has 2 atom stereocenters. The molecule has 0 saturated heterocycles. The Hall–Kier alpha value is -2.00. The van der Waals surface area contributed by atoms with Crippen molar-refractivity contribution in [2.45, 2.75) is 51.4 Å². The van der Waals surface area contributed by atoms with E-state index in [1.165, 1.54) is 29.9 Å². The first-order valence-electron chi connectivity index (χ1n) is 12.1. The van der Waals surface area contributed by atoms with Gasteiger partial charge in [-0.2, -0.15) is 0 Å². The molecule has 0 bridgehead atoms. The summed E-state index contributed by atoms with van der Waals surface area (Å²) in [4.78, 5) is 18.8. The first-order valence-corrected chi connectivity index (χ1v) is 13.0. The molecule has 6 nitrogen and oxygen atoms in total. The van der Waals surface area contributed by atoms with Gasteiger partial charge in [-0.1, -0.05) is 6.07 Å². The second kappa shape index (κ2) is 11.6. The average Bonchev–Trinajstić information content (AvgIpc) is 3.47. The van der Waals surface area contributed by atoms with Gasteiger partial charge in [-0.15, -0.1) is 11.3 Å². The van der Waals surface area contributed by atoms with Crippen molar-refractivity contribution in [2.75, 3.05) is 39.4 Å². The van der Waals surface area contributed by atoms with Gasteiger partial charge in [0.2, 0.25) is 5.91 Å². The zero-order valence-corrected chi connectivity index (χ0v) is 20.8. The van der Waals surface area contributed by atoms with Gasteiger partial charge >= 0.3 is 0 Å². The van der Waals surface area contributed by atoms with Crippen LogP contribution in [0, 0.1) is 11.7 Å². The second-order valence-corrected chi connectivity index (χ2v) is 10.6. The van der Waals surface area contributed by atoms with E-state index in [-0.39, 0.29) is 43.6 Å². The molecule has 2 aliphatic rings. The summed E-state index contributed by atoms with van der Waals surface area (Å²) in [6.45, 7) is 6.53. The number of halogens is 1. The number of aliphatic hydroxyl groups is 1. The summed E-state index contributed by atoms with van der Waals surface area (Å²) in [6, 6.07) is 7.94. The number of hydrogen-bond acceptors (Lipinski definition) is 6. The molecule has 1 fully saturated rings. The summed E-state index contributed by atoms with van der Waals surface area (Å²) in [5.74, 6) is 0.740. The van der Waals surface area contributed by atoms with E-state index in [1.807, 2.05) is 18.7 Å². The first-order chi connectivity index (χ1) is 16.4. The maximum atomic E-state index is 13.6. The number of carbonyl (C=O) groups excluding carboxylic acids is 1. The molecule has 2 aromatic rings. The fourth-order valence-electron chi connectivity index (χ4n) is 4.41. The fourth-order valence-corrected chi connectivity index (χ4v) is 5.34. The highest BCUT2D eigenvalue weighted by atomic mass is 32.1. The van der Waals surface area contributed by atoms with E-state index in [1.54, 1.807) is 23.5 Å². The zero-order chi connectivity index (χ0) is 24.1. The number of rotatable bonds is 12. The predicted octanol–water partition coefficient (Wildman–Crippen LogP) is 3.89. The van der Waals surface area contributed by atoms with Gasteiger partial charge in [0.1, 0.15) is 18.2 Å². The molecule has 0 spiro atoms. The molecule has 0 unspecified atom stereocenters. The van der Waals surface area contributed by atoms with Crippen LogP contribution < -0.4 is 4.74 Å². The summed E-state index contributed by atoms with van der Waals surface area (Å²) in [5, 5.41) is 12.5. The van der Waals surface area contributed by atoms with E-state index in [0.717, 1.165) is 18.5 Å². The van der Waals surface area contributed by atoms with Crippen molar-refractivity contribution in [3.05, 3.63) is 52.0 Å². The van der Waals surface area contributed by atoms with E-state index < -0.39 is 6.10 Å². The average molecular weight is 491 g/mol. The van der Waals surface area contributed by atoms with Crippen LogP contribution in [0.5, 0.6) is 5.75 Å². The molecule has 1 saturated carbocycles. The first kappa shape index (κ1) is 25.1. The largest absolute Gasteiger partial charge is 0.491 e. The van der Waals surface area contributed by atoms with Crippen molar-refractivity contribution in [1.82, 2.24) is 9.80 Å². The van der Waals surface area contributed by atoms with Crippen molar-refractivity contribution >= 4 is 17.2 Å². The van der Waals surface area contributed by atoms with E-state index >= 15 is 0 Å². The zero-order valence-electron chi connectivity index (χ0n) is 20.0. The van der Waals surface area contributed by atoms with Gasteiger partial charge in [0.15, 0.2) is 0 Å². The number of thiophene rings is 1. The van der Waals surface area contributed by atoms with Crippen molar-refractivity contribution in [3.8, 4) is 5.75 Å². The molecule has 34 heavy (non-hydrogen) atoms. The molecule has 4 rings (SSSR count). The highest BCUT2D eigenvalue weighted by Crippen LogP contribution is 2.34. The molecule has 1 amide bonds. The van der Waals surface area contributed by atoms with Crippen molar-refractivity contribution in [2.24, 2.45) is 5.92 Å². The van der Waals surface area contributed by atoms with Crippen LogP contribution in [0.25, 0.3) is 0 Å². The molecule has 186 valence electrons. The predicted molar refractivity (Wildman–Crippen MR) is 131 cm³/mol. The Morgan fingerprint density at radius 1 is 1.32 bits per heavy atom. The van der Waals surface area contributed by atoms with Gasteiger partial charge in [0.05, 0.1) is 31.4 Å². The van der Waals surface area contributed by atoms with Crippen LogP contribution >= 0.6 is 11.3 Å². The van der Waals surface area contributed by atoms with Crippen molar-refractivity contribution in [1.29, 1.82) is 0 Å². The minimum absolute atomic E-state index is 0.0299. The molecule has 1 aliphatic heterocycles. The molecule has 1 N–H and O–H groups in total. The lowest BCUT2D eigenvalue weighted by molar-refractivity contribution is -0.136. The molecule has 1 aliphatic carbocycles. The lowest BCUT2D eigenvalue weighted by atomic mass is 10.0. The summed E-state index contributed by atoms with van der Waals surface area (Å²) < 4.78 is 25.1. The molecule has 1 aromatic carbocycles. The van der Waals surface area contributed by atoms with Gasteiger partial charge in [-0.3, -0.25) is 9.69 Å². The minimum Gasteiger partial charge on any atom is -0.491 e. The Morgan fingerprint density at radius 2 is 2.15 bits per heavy atom. The lowest BCUT2D eigenvalue weighted by Gasteiger charge is -2.37. The molecular weight excluding hydrogens is 455 g/mol. The Morgan fingerprint density at radius 3 is 2.88 bits per heavy atom. The third-order valence-corrected chi connectivity index (χ3v) is 7.28. The number of ether oxygens (including phenoxy) is 2. The van der Waals surface area contributed by atoms with Gasteiger partial charge in [0.25, 0.3) is 0 Å². The van der Waals surface area contributed by atoms with Crippen LogP contribution in [0.2, 0.25) is 0 Å². The van der Waals surface area contributed by atoms with Crippen LogP contribution in [-0.4, -0.2) is 72.4 Å². The van der Waals surface area contributed by atoms with E-state index in [2.05, 4.69) is 16.3 Å². The minimum atomic E-state index is -0.633. The normalized spacial score (nSPS) is 18.9. The highest BCUT2D eigenvalue weighted by molar-refractivity contribution is 7.10. The van der Waals surface area contributed by atoms with Gasteiger partial charge < -0.3 is 19.5 Å². The standard InChI is InChI=1S/C26H35FN2O4S/c1-18(2)32-16-21(30)14-28(13-19-6-7-19)15-26(31)29-10-8-25-23(9-11-34-25)24(29)17-33-22-5-3-4-20(27)12-22/h3-5,9,11-12,18-19,21,24,30H,6-8,10,13-17H2,1-2H3/t21-,24-/m1/s1. The van der Waals surface area contributed by atoms with Gasteiger partial charge in [-0.25, -0.2) is 4.39 Å². The topological polar surface area (TPSA) is 62.2 Å². The molecule has 8 heteroatoms. The number of hydrogen-bond donors (Lipinski definition) is 1. The number of amides is 1. The van der Waals surface area contributed by atoms with Gasteiger partial charge in [-0.05, 0) is 68.2 Å². The summed E-state index contributed by atoms with van der Waals surface area (Å²) in [7, 11) is 0. The Labute approximate surface area is 205 Å². The van der Waals surface area contributed by atoms with Gasteiger partial charge in [0, 0.05) is 30.6 Å². The number of fused-ring (bicyclic) bond motifs is 1.